The number of aryl methyl sites for hydroxylation is 1. The lowest BCUT2D eigenvalue weighted by atomic mass is 9.99. The summed E-state index contributed by atoms with van der Waals surface area (Å²) < 4.78 is 5.18. The molecule has 0 saturated carbocycles. The molecule has 0 atom stereocenters. The number of methoxy groups -OCH3 is 1. The van der Waals surface area contributed by atoms with E-state index in [-0.39, 0.29) is 0 Å². The minimum atomic E-state index is 0.692. The molecule has 2 aromatic carbocycles. The zero-order chi connectivity index (χ0) is 10.7. The molecule has 1 heteroatoms. The van der Waals surface area contributed by atoms with Crippen LogP contribution in [0, 0.1) is 0 Å². The molecule has 0 saturated heterocycles. The minimum absolute atomic E-state index is 0.692. The quantitative estimate of drug-likeness (QED) is 0.736. The number of hydrogen-bond donors (Lipinski definition) is 0. The molecule has 0 bridgehead atoms. The molecule has 0 amide bonds. The van der Waals surface area contributed by atoms with Gasteiger partial charge in [-0.3, -0.25) is 0 Å². The van der Waals surface area contributed by atoms with Gasteiger partial charge in [-0.05, 0) is 34.4 Å². The van der Waals surface area contributed by atoms with Crippen LogP contribution in [0.2, 0.25) is 0 Å². The molecule has 0 radical (unpaired) electrons. The molecule has 0 fully saturated rings. The van der Waals surface area contributed by atoms with Crippen molar-refractivity contribution >= 4 is 10.8 Å². The van der Waals surface area contributed by atoms with Crippen LogP contribution in [0.5, 0.6) is 0 Å². The highest BCUT2D eigenvalue weighted by molar-refractivity contribution is 5.86. The summed E-state index contributed by atoms with van der Waals surface area (Å²) in [6.45, 7) is 2.89. The normalized spacial score (nSPS) is 10.8. The summed E-state index contributed by atoms with van der Waals surface area (Å²) in [5.74, 6) is 0. The molecule has 1 nitrogen and oxygen atoms in total. The van der Waals surface area contributed by atoms with Gasteiger partial charge in [0.15, 0.2) is 0 Å². The molecule has 2 aromatic rings. The zero-order valence-electron chi connectivity index (χ0n) is 9.29. The van der Waals surface area contributed by atoms with E-state index in [1.807, 2.05) is 0 Å². The first-order valence-corrected chi connectivity index (χ1v) is 5.34. The van der Waals surface area contributed by atoms with Gasteiger partial charge in [0.2, 0.25) is 0 Å². The minimum Gasteiger partial charge on any atom is -0.380 e. The van der Waals surface area contributed by atoms with Crippen molar-refractivity contribution in [2.45, 2.75) is 20.0 Å². The van der Waals surface area contributed by atoms with Gasteiger partial charge in [-0.15, -0.1) is 0 Å². The Bertz CT molecular complexity index is 460. The number of benzene rings is 2. The lowest BCUT2D eigenvalue weighted by Crippen LogP contribution is -1.91. The summed E-state index contributed by atoms with van der Waals surface area (Å²) in [5, 5.41) is 2.67. The number of rotatable bonds is 3. The van der Waals surface area contributed by atoms with Gasteiger partial charge < -0.3 is 4.74 Å². The van der Waals surface area contributed by atoms with E-state index >= 15 is 0 Å². The molecule has 0 aliphatic heterocycles. The number of fused-ring (bicyclic) bond motifs is 1. The molecule has 0 heterocycles. The second-order valence-corrected chi connectivity index (χ2v) is 3.76. The first-order valence-electron chi connectivity index (χ1n) is 5.34. The van der Waals surface area contributed by atoms with Gasteiger partial charge in [0.05, 0.1) is 6.61 Å². The van der Waals surface area contributed by atoms with Crippen LogP contribution in [0.25, 0.3) is 10.8 Å². The molecule has 0 aliphatic carbocycles. The molecule has 0 spiro atoms. The summed E-state index contributed by atoms with van der Waals surface area (Å²) >= 11 is 0. The van der Waals surface area contributed by atoms with Crippen molar-refractivity contribution in [3.05, 3.63) is 47.5 Å². The Morgan fingerprint density at radius 3 is 2.67 bits per heavy atom. The fourth-order valence-corrected chi connectivity index (χ4v) is 2.00. The van der Waals surface area contributed by atoms with Crippen molar-refractivity contribution in [2.24, 2.45) is 0 Å². The van der Waals surface area contributed by atoms with Gasteiger partial charge in [0, 0.05) is 7.11 Å². The van der Waals surface area contributed by atoms with Crippen LogP contribution in [0.3, 0.4) is 0 Å². The second kappa shape index (κ2) is 4.45. The van der Waals surface area contributed by atoms with E-state index in [0.29, 0.717) is 6.61 Å². The lowest BCUT2D eigenvalue weighted by molar-refractivity contribution is 0.185. The lowest BCUT2D eigenvalue weighted by Gasteiger charge is -2.08. The first-order chi connectivity index (χ1) is 7.35. The van der Waals surface area contributed by atoms with E-state index in [0.717, 1.165) is 6.42 Å². The molecular weight excluding hydrogens is 184 g/mol. The molecule has 0 N–H and O–H groups in total. The van der Waals surface area contributed by atoms with Crippen molar-refractivity contribution in [1.82, 2.24) is 0 Å². The largest absolute Gasteiger partial charge is 0.380 e. The van der Waals surface area contributed by atoms with Crippen molar-refractivity contribution in [3.8, 4) is 0 Å². The molecule has 0 aliphatic rings. The summed E-state index contributed by atoms with van der Waals surface area (Å²) in [5.41, 5.74) is 2.66. The van der Waals surface area contributed by atoms with Gasteiger partial charge in [-0.2, -0.15) is 0 Å². The Hall–Kier alpha value is -1.34. The zero-order valence-corrected chi connectivity index (χ0v) is 9.29. The summed E-state index contributed by atoms with van der Waals surface area (Å²) in [7, 11) is 1.74. The molecular formula is C14H16O. The van der Waals surface area contributed by atoms with Crippen LogP contribution in [0.1, 0.15) is 18.1 Å². The molecule has 15 heavy (non-hydrogen) atoms. The van der Waals surface area contributed by atoms with E-state index in [4.69, 9.17) is 4.74 Å². The maximum Gasteiger partial charge on any atom is 0.0713 e. The number of ether oxygens (including phenoxy) is 1. The average molecular weight is 200 g/mol. The average Bonchev–Trinajstić information content (AvgIpc) is 2.28. The highest BCUT2D eigenvalue weighted by Crippen LogP contribution is 2.21. The van der Waals surface area contributed by atoms with E-state index < -0.39 is 0 Å². The van der Waals surface area contributed by atoms with Crippen LogP contribution in [0.4, 0.5) is 0 Å². The Balaban J connectivity index is 2.60. The third-order valence-electron chi connectivity index (χ3n) is 2.70. The van der Waals surface area contributed by atoms with Crippen molar-refractivity contribution < 1.29 is 4.74 Å². The van der Waals surface area contributed by atoms with Crippen LogP contribution in [-0.2, 0) is 17.8 Å². The SMILES string of the molecule is CCc1cc(COC)cc2ccccc12. The van der Waals surface area contributed by atoms with Crippen LogP contribution in [0.15, 0.2) is 36.4 Å². The smallest absolute Gasteiger partial charge is 0.0713 e. The van der Waals surface area contributed by atoms with Crippen molar-refractivity contribution in [2.75, 3.05) is 7.11 Å². The van der Waals surface area contributed by atoms with Gasteiger partial charge in [-0.1, -0.05) is 37.3 Å². The Labute approximate surface area is 90.7 Å². The molecule has 2 rings (SSSR count). The van der Waals surface area contributed by atoms with E-state index in [1.165, 1.54) is 21.9 Å². The van der Waals surface area contributed by atoms with Gasteiger partial charge in [0.1, 0.15) is 0 Å². The molecule has 0 aromatic heterocycles. The van der Waals surface area contributed by atoms with Crippen molar-refractivity contribution in [1.29, 1.82) is 0 Å². The maximum atomic E-state index is 5.18. The maximum absolute atomic E-state index is 5.18. The van der Waals surface area contributed by atoms with E-state index in [1.54, 1.807) is 7.11 Å². The van der Waals surface area contributed by atoms with Crippen LogP contribution in [-0.4, -0.2) is 7.11 Å². The summed E-state index contributed by atoms with van der Waals surface area (Å²) in [6.07, 6.45) is 1.07. The predicted molar refractivity (Wildman–Crippen MR) is 64.0 cm³/mol. The highest BCUT2D eigenvalue weighted by Gasteiger charge is 2.01. The summed E-state index contributed by atoms with van der Waals surface area (Å²) in [4.78, 5) is 0. The Morgan fingerprint density at radius 2 is 1.93 bits per heavy atom. The van der Waals surface area contributed by atoms with Gasteiger partial charge in [-0.25, -0.2) is 0 Å². The Morgan fingerprint density at radius 1 is 1.13 bits per heavy atom. The van der Waals surface area contributed by atoms with Crippen molar-refractivity contribution in [3.63, 3.8) is 0 Å². The fourth-order valence-electron chi connectivity index (χ4n) is 2.00. The van der Waals surface area contributed by atoms with Gasteiger partial charge in [0.25, 0.3) is 0 Å². The van der Waals surface area contributed by atoms with Crippen LogP contribution < -0.4 is 0 Å². The van der Waals surface area contributed by atoms with Crippen LogP contribution >= 0.6 is 0 Å². The standard InChI is InChI=1S/C14H16O/c1-3-12-8-11(10-15-2)9-13-6-4-5-7-14(12)13/h4-9H,3,10H2,1-2H3. The van der Waals surface area contributed by atoms with E-state index in [2.05, 4.69) is 43.3 Å². The predicted octanol–water partition coefficient (Wildman–Crippen LogP) is 3.55. The van der Waals surface area contributed by atoms with E-state index in [9.17, 15) is 0 Å². The number of hydrogen-bond acceptors (Lipinski definition) is 1. The molecule has 78 valence electrons. The third kappa shape index (κ3) is 2.02. The monoisotopic (exact) mass is 200 g/mol. The summed E-state index contributed by atoms with van der Waals surface area (Å²) in [6, 6.07) is 13.0. The fraction of sp³-hybridized carbons (Fsp3) is 0.286. The van der Waals surface area contributed by atoms with Gasteiger partial charge >= 0.3 is 0 Å². The highest BCUT2D eigenvalue weighted by atomic mass is 16.5. The topological polar surface area (TPSA) is 9.23 Å². The molecule has 0 unspecified atom stereocenters. The second-order valence-electron chi connectivity index (χ2n) is 3.76. The first kappa shape index (κ1) is 10.2. The Kier molecular flexibility index (Phi) is 3.02. The third-order valence-corrected chi connectivity index (χ3v) is 2.70.